The van der Waals surface area contributed by atoms with Crippen molar-refractivity contribution in [3.8, 4) is 68.7 Å². The predicted molar refractivity (Wildman–Crippen MR) is 393 cm³/mol. The Kier molecular flexibility index (Phi) is 21.4. The number of imidazole rings is 3. The Balaban J connectivity index is 0.827. The van der Waals surface area contributed by atoms with Crippen LogP contribution in [-0.4, -0.2) is 92.8 Å². The molecule has 6 N–H and O–H groups in total. The van der Waals surface area contributed by atoms with Crippen molar-refractivity contribution < 1.29 is 102 Å². The highest BCUT2D eigenvalue weighted by atomic mass is 31.2. The Hall–Kier alpha value is -11.6. The fourth-order valence-electron chi connectivity index (χ4n) is 12.2. The number of hydrogen-bond donors (Lipinski definition) is 6. The van der Waals surface area contributed by atoms with Gasteiger partial charge in [-0.1, -0.05) is 127 Å². The Bertz CT molecular complexity index is 5380. The van der Waals surface area contributed by atoms with E-state index in [2.05, 4.69) is 0 Å². The Morgan fingerprint density at radius 1 is 0.318 bits per heavy atom. The summed E-state index contributed by atoms with van der Waals surface area (Å²) in [7, 11) is -20.2. The van der Waals surface area contributed by atoms with Crippen LogP contribution < -0.4 is 27.8 Å². The molecule has 15 aromatic rings. The Labute approximate surface area is 623 Å². The van der Waals surface area contributed by atoms with Crippen LogP contribution in [0.1, 0.15) is 68.1 Å². The number of rotatable bonds is 33. The van der Waals surface area contributed by atoms with E-state index in [0.29, 0.717) is 68.0 Å². The molecule has 0 fully saturated rings. The Morgan fingerprint density at radius 3 is 0.873 bits per heavy atom. The van der Waals surface area contributed by atoms with Gasteiger partial charge < -0.3 is 41.0 Å². The summed E-state index contributed by atoms with van der Waals surface area (Å²) >= 11 is 0. The lowest BCUT2D eigenvalue weighted by molar-refractivity contribution is -0.00792. The SMILES string of the molecule is O=P(O)(O)Oc1cccc(-c2cn3c(OCOP(=O)(OCOc4c(Cc5ccco5)nc5c(Cc6ccccc6)nc(-c6cccc(OP(=O)(O)O)c6)cn45)OCOc4c(Cc5ccco5)nc5c(Cc6ccccc6)nc(-c6cccc(OP(=O)(O)O)c6)cn45)c(Cc4ccco4)nc3c(Cc3ccccc3)n2)c1. The minimum atomic E-state index is -5.17. The van der Waals surface area contributed by atoms with Crippen molar-refractivity contribution in [2.75, 3.05) is 20.4 Å². The molecule has 9 aromatic heterocycles. The minimum Gasteiger partial charge on any atom is -0.469 e. The number of furan rings is 3. The third kappa shape index (κ3) is 18.2. The van der Waals surface area contributed by atoms with Gasteiger partial charge in [0, 0.05) is 54.5 Å². The van der Waals surface area contributed by atoms with Crippen molar-refractivity contribution in [1.29, 1.82) is 0 Å². The average Bonchev–Trinajstić information content (AvgIpc) is 1.61. The van der Waals surface area contributed by atoms with Gasteiger partial charge in [-0.2, -0.15) is 0 Å². The second kappa shape index (κ2) is 31.9. The molecule has 0 saturated heterocycles. The maximum atomic E-state index is 16.0. The number of hydrogen-bond acceptors (Lipinski definition) is 22. The van der Waals surface area contributed by atoms with Crippen molar-refractivity contribution in [3.63, 3.8) is 0 Å². The molecule has 0 bridgehead atoms. The number of nitrogens with zero attached hydrogens (tertiary/aromatic N) is 9. The van der Waals surface area contributed by atoms with Crippen molar-refractivity contribution >= 4 is 48.2 Å². The summed E-state index contributed by atoms with van der Waals surface area (Å²) in [6, 6.07) is 56.7. The van der Waals surface area contributed by atoms with Crippen LogP contribution >= 0.6 is 31.3 Å². The highest BCUT2D eigenvalue weighted by Crippen LogP contribution is 2.50. The van der Waals surface area contributed by atoms with E-state index >= 15 is 4.57 Å². The van der Waals surface area contributed by atoms with Gasteiger partial charge in [0.25, 0.3) is 0 Å². The highest BCUT2D eigenvalue weighted by molar-refractivity contribution is 7.48. The third-order valence-corrected chi connectivity index (χ3v) is 19.4. The molecule has 560 valence electrons. The number of phosphoric acid groups is 4. The molecule has 0 radical (unpaired) electrons. The van der Waals surface area contributed by atoms with Crippen LogP contribution in [0.2, 0.25) is 0 Å². The van der Waals surface area contributed by atoms with Gasteiger partial charge in [-0.25, -0.2) is 61.7 Å². The maximum absolute atomic E-state index is 16.0. The quantitative estimate of drug-likeness (QED) is 0.0164. The van der Waals surface area contributed by atoms with Crippen LogP contribution in [0.5, 0.6) is 34.9 Å². The van der Waals surface area contributed by atoms with Crippen LogP contribution in [0.15, 0.2) is 251 Å². The van der Waals surface area contributed by atoms with E-state index < -0.39 is 51.7 Å². The standard InChI is InChI=1S/C75H63N9O22P4/c85-107(86,87)104-58-25-10-22-52(37-58)67-43-82-70(61(76-67)34-49-16-4-1-5-17-49)79-64(40-55-28-13-31-95-55)73(82)98-46-101-110(94,102-47-99-74-65(41-56-29-14-32-96-56)80-71-62(35-50-18-6-2-7-19-50)77-68(44-83(71)74)53-23-11-26-59(38-53)105-108(88,89)90)103-48-100-75-66(42-57-30-15-33-97-57)81-72-63(36-51-20-8-3-9-21-51)78-69(45-84(72)75)54-24-12-27-60(39-54)106-109(91,92)93/h1-33,37-39,43-45H,34-36,40-42,46-48H2,(H2,85,86,87)(H2,88,89,90)(H2,91,92,93). The second-order valence-electron chi connectivity index (χ2n) is 24.6. The van der Waals surface area contributed by atoms with Gasteiger partial charge in [0.2, 0.25) is 38.0 Å². The lowest BCUT2D eigenvalue weighted by atomic mass is 10.1. The molecule has 31 nitrogen and oxygen atoms in total. The fourth-order valence-corrected chi connectivity index (χ4v) is 14.1. The molecule has 15 rings (SSSR count). The number of phosphoric ester groups is 4. The molecule has 0 aliphatic carbocycles. The number of ether oxygens (including phenoxy) is 3. The fraction of sp³-hybridized carbons (Fsp3) is 0.120. The van der Waals surface area contributed by atoms with Gasteiger partial charge in [-0.05, 0) is 89.5 Å². The van der Waals surface area contributed by atoms with E-state index in [1.165, 1.54) is 55.2 Å². The minimum absolute atomic E-state index is 0.0294. The number of aromatic nitrogens is 9. The smallest absolute Gasteiger partial charge is 0.469 e. The van der Waals surface area contributed by atoms with Gasteiger partial charge in [0.1, 0.15) is 51.6 Å². The first-order chi connectivity index (χ1) is 53.1. The molecule has 0 spiro atoms. The lowest BCUT2D eigenvalue weighted by Crippen LogP contribution is -2.14. The zero-order valence-electron chi connectivity index (χ0n) is 57.4. The van der Waals surface area contributed by atoms with Crippen molar-refractivity contribution in [2.45, 2.75) is 38.5 Å². The van der Waals surface area contributed by atoms with E-state index in [4.69, 9.17) is 84.5 Å². The number of benzene rings is 6. The normalized spacial score (nSPS) is 12.1. The summed E-state index contributed by atoms with van der Waals surface area (Å²) in [4.78, 5) is 89.2. The molecule has 0 amide bonds. The van der Waals surface area contributed by atoms with Crippen LogP contribution in [-0.2, 0) is 70.4 Å². The monoisotopic (exact) mass is 1570 g/mol. The molecule has 35 heteroatoms. The van der Waals surface area contributed by atoms with Crippen molar-refractivity contribution in [2.24, 2.45) is 0 Å². The van der Waals surface area contributed by atoms with Crippen LogP contribution in [0.4, 0.5) is 0 Å². The summed E-state index contributed by atoms with van der Waals surface area (Å²) in [5, 5.41) is 0. The summed E-state index contributed by atoms with van der Waals surface area (Å²) in [6.45, 7) is -2.76. The molecule has 0 aliphatic rings. The summed E-state index contributed by atoms with van der Waals surface area (Å²) in [6.07, 6.45) is 10.1. The first-order valence-corrected chi connectivity index (χ1v) is 39.6. The first-order valence-electron chi connectivity index (χ1n) is 33.5. The lowest BCUT2D eigenvalue weighted by Gasteiger charge is -2.19. The molecule has 110 heavy (non-hydrogen) atoms. The third-order valence-electron chi connectivity index (χ3n) is 16.8. The van der Waals surface area contributed by atoms with Crippen molar-refractivity contribution in [1.82, 2.24) is 43.1 Å². The van der Waals surface area contributed by atoms with Gasteiger partial charge in [0.05, 0.1) is 72.2 Å². The summed E-state index contributed by atoms with van der Waals surface area (Å²) in [5.41, 5.74) is 7.64. The zero-order valence-corrected chi connectivity index (χ0v) is 61.0. The molecular formula is C75H63N9O22P4. The first kappa shape index (κ1) is 73.9. The number of fused-ring (bicyclic) bond motifs is 3. The molecule has 6 aromatic carbocycles. The van der Waals surface area contributed by atoms with Crippen LogP contribution in [0, 0.1) is 0 Å². The predicted octanol–water partition coefficient (Wildman–Crippen LogP) is 14.1. The maximum Gasteiger partial charge on any atom is 0.524 e. The topological polar surface area (TPSA) is 403 Å². The molecule has 0 unspecified atom stereocenters. The molecular weight excluding hydrogens is 1500 g/mol. The van der Waals surface area contributed by atoms with Gasteiger partial charge in [0.15, 0.2) is 16.9 Å². The van der Waals surface area contributed by atoms with Crippen LogP contribution in [0.3, 0.4) is 0 Å². The van der Waals surface area contributed by atoms with Crippen molar-refractivity contribution in [3.05, 3.63) is 306 Å². The largest absolute Gasteiger partial charge is 0.524 e. The van der Waals surface area contributed by atoms with E-state index in [0.717, 1.165) is 16.7 Å². The van der Waals surface area contributed by atoms with Gasteiger partial charge >= 0.3 is 31.3 Å². The molecule has 0 saturated carbocycles. The van der Waals surface area contributed by atoms with Crippen LogP contribution in [0.25, 0.3) is 50.7 Å². The second-order valence-corrected chi connectivity index (χ2v) is 29.8. The average molecular weight is 1570 g/mol. The molecule has 9 heterocycles. The van der Waals surface area contributed by atoms with E-state index in [1.54, 1.807) is 105 Å². The van der Waals surface area contributed by atoms with E-state index in [9.17, 15) is 43.1 Å². The molecule has 0 aliphatic heterocycles. The summed E-state index contributed by atoms with van der Waals surface area (Å²) < 4.78 is 128. The van der Waals surface area contributed by atoms with Gasteiger partial charge in [-0.3, -0.25) is 42.6 Å². The summed E-state index contributed by atoms with van der Waals surface area (Å²) in [5.74, 6) is 1.07. The zero-order chi connectivity index (χ0) is 76.0. The van der Waals surface area contributed by atoms with Gasteiger partial charge in [-0.15, -0.1) is 0 Å². The molecule has 0 atom stereocenters. The Morgan fingerprint density at radius 2 is 0.609 bits per heavy atom. The van der Waals surface area contributed by atoms with E-state index in [-0.39, 0.29) is 108 Å². The van der Waals surface area contributed by atoms with E-state index in [1.807, 2.05) is 91.0 Å². The highest BCUT2D eigenvalue weighted by Gasteiger charge is 2.33.